The van der Waals surface area contributed by atoms with Gasteiger partial charge in [-0.3, -0.25) is 14.6 Å². The molecule has 4 rings (SSSR count). The summed E-state index contributed by atoms with van der Waals surface area (Å²) >= 11 is 0. The summed E-state index contributed by atoms with van der Waals surface area (Å²) in [7, 11) is 0. The quantitative estimate of drug-likeness (QED) is 0.645. The zero-order valence-electron chi connectivity index (χ0n) is 16.9. The molecule has 0 saturated carbocycles. The Morgan fingerprint density at radius 1 is 0.633 bits per heavy atom. The normalized spacial score (nSPS) is 16.5. The summed E-state index contributed by atoms with van der Waals surface area (Å²) in [4.78, 5) is 29.8. The predicted molar refractivity (Wildman–Crippen MR) is 122 cm³/mol. The van der Waals surface area contributed by atoms with E-state index in [0.29, 0.717) is 22.3 Å². The average molecular weight is 391 g/mol. The number of benzene rings is 2. The third-order valence-corrected chi connectivity index (χ3v) is 5.09. The zero-order chi connectivity index (χ0) is 21.1. The second kappa shape index (κ2) is 8.26. The summed E-state index contributed by atoms with van der Waals surface area (Å²) in [5, 5.41) is 0. The summed E-state index contributed by atoms with van der Waals surface area (Å²) < 4.78 is 0. The van der Waals surface area contributed by atoms with Crippen molar-refractivity contribution in [1.82, 2.24) is 0 Å². The van der Waals surface area contributed by atoms with Gasteiger partial charge in [0.25, 0.3) is 0 Å². The van der Waals surface area contributed by atoms with Crippen molar-refractivity contribution < 1.29 is 9.59 Å². The highest BCUT2D eigenvalue weighted by atomic mass is 16.1. The molecule has 0 aromatic heterocycles. The SMILES string of the molecule is CC1=CC(=NC=C2C=C(c3ccccc3)C(=O)C(c3ccccc3)=C2)C=C(C)C1=O. The lowest BCUT2D eigenvalue weighted by Gasteiger charge is -2.16. The Bertz CT molecular complexity index is 1120. The van der Waals surface area contributed by atoms with E-state index in [1.165, 1.54) is 0 Å². The van der Waals surface area contributed by atoms with Crippen LogP contribution < -0.4 is 0 Å². The molecule has 0 heterocycles. The van der Waals surface area contributed by atoms with Crippen LogP contribution in [0, 0.1) is 0 Å². The molecule has 0 bridgehead atoms. The van der Waals surface area contributed by atoms with E-state index in [2.05, 4.69) is 4.99 Å². The summed E-state index contributed by atoms with van der Waals surface area (Å²) in [6.45, 7) is 3.59. The van der Waals surface area contributed by atoms with Gasteiger partial charge in [0, 0.05) is 17.3 Å². The van der Waals surface area contributed by atoms with Crippen LogP contribution in [0.15, 0.2) is 113 Å². The molecule has 0 radical (unpaired) electrons. The van der Waals surface area contributed by atoms with Crippen LogP contribution in [-0.2, 0) is 9.59 Å². The lowest BCUT2D eigenvalue weighted by atomic mass is 9.86. The van der Waals surface area contributed by atoms with Crippen molar-refractivity contribution in [1.29, 1.82) is 0 Å². The fourth-order valence-electron chi connectivity index (χ4n) is 3.54. The molecule has 0 atom stereocenters. The fourth-order valence-corrected chi connectivity index (χ4v) is 3.54. The van der Waals surface area contributed by atoms with Gasteiger partial charge in [-0.25, -0.2) is 0 Å². The van der Waals surface area contributed by atoms with Crippen LogP contribution >= 0.6 is 0 Å². The van der Waals surface area contributed by atoms with Crippen molar-refractivity contribution in [2.75, 3.05) is 0 Å². The van der Waals surface area contributed by atoms with Gasteiger partial charge >= 0.3 is 0 Å². The molecule has 0 amide bonds. The largest absolute Gasteiger partial charge is 0.289 e. The van der Waals surface area contributed by atoms with Crippen molar-refractivity contribution in [2.24, 2.45) is 4.99 Å². The number of carbonyl (C=O) groups is 2. The van der Waals surface area contributed by atoms with Crippen molar-refractivity contribution in [3.8, 4) is 0 Å². The van der Waals surface area contributed by atoms with E-state index in [1.807, 2.05) is 72.8 Å². The van der Waals surface area contributed by atoms with E-state index in [1.54, 1.807) is 32.2 Å². The Hall–Kier alpha value is -3.85. The van der Waals surface area contributed by atoms with Crippen LogP contribution in [0.3, 0.4) is 0 Å². The van der Waals surface area contributed by atoms with Gasteiger partial charge in [0.15, 0.2) is 11.6 Å². The van der Waals surface area contributed by atoms with Crippen molar-refractivity contribution in [3.63, 3.8) is 0 Å². The third-order valence-electron chi connectivity index (χ3n) is 5.09. The fraction of sp³-hybridized carbons (Fsp3) is 0.0741. The lowest BCUT2D eigenvalue weighted by molar-refractivity contribution is -0.112. The number of nitrogens with zero attached hydrogens (tertiary/aromatic N) is 1. The van der Waals surface area contributed by atoms with Crippen molar-refractivity contribution in [2.45, 2.75) is 13.8 Å². The van der Waals surface area contributed by atoms with Crippen LogP contribution in [0.5, 0.6) is 0 Å². The molecule has 0 fully saturated rings. The smallest absolute Gasteiger partial charge is 0.194 e. The first kappa shape index (κ1) is 19.5. The highest BCUT2D eigenvalue weighted by molar-refractivity contribution is 6.43. The summed E-state index contributed by atoms with van der Waals surface area (Å²) in [5.41, 5.74) is 5.92. The summed E-state index contributed by atoms with van der Waals surface area (Å²) in [6.07, 6.45) is 9.05. The minimum atomic E-state index is -0.00746. The van der Waals surface area contributed by atoms with Gasteiger partial charge in [-0.2, -0.15) is 0 Å². The molecule has 0 N–H and O–H groups in total. The third kappa shape index (κ3) is 3.96. The van der Waals surface area contributed by atoms with E-state index in [4.69, 9.17) is 0 Å². The Balaban J connectivity index is 1.80. The Morgan fingerprint density at radius 3 is 1.57 bits per heavy atom. The second-order valence-electron chi connectivity index (χ2n) is 7.34. The molecular weight excluding hydrogens is 370 g/mol. The van der Waals surface area contributed by atoms with Gasteiger partial charge in [-0.1, -0.05) is 60.7 Å². The maximum Gasteiger partial charge on any atom is 0.194 e. The molecule has 0 unspecified atom stereocenters. The second-order valence-corrected chi connectivity index (χ2v) is 7.34. The Kier molecular flexibility index (Phi) is 5.36. The molecule has 3 nitrogen and oxygen atoms in total. The van der Waals surface area contributed by atoms with Crippen molar-refractivity contribution >= 4 is 28.4 Å². The van der Waals surface area contributed by atoms with E-state index >= 15 is 0 Å². The van der Waals surface area contributed by atoms with E-state index in [-0.39, 0.29) is 11.6 Å². The van der Waals surface area contributed by atoms with Gasteiger partial charge in [0.05, 0.1) is 5.71 Å². The van der Waals surface area contributed by atoms with Gasteiger partial charge in [0.2, 0.25) is 0 Å². The number of hydrogen-bond acceptors (Lipinski definition) is 3. The van der Waals surface area contributed by atoms with E-state index < -0.39 is 0 Å². The minimum Gasteiger partial charge on any atom is -0.289 e. The van der Waals surface area contributed by atoms with Crippen LogP contribution in [-0.4, -0.2) is 17.3 Å². The number of carbonyl (C=O) groups excluding carboxylic acids is 2. The molecule has 0 aliphatic heterocycles. The first-order valence-corrected chi connectivity index (χ1v) is 9.81. The molecule has 30 heavy (non-hydrogen) atoms. The van der Waals surface area contributed by atoms with Gasteiger partial charge in [-0.05, 0) is 66.0 Å². The zero-order valence-corrected chi connectivity index (χ0v) is 16.9. The lowest BCUT2D eigenvalue weighted by Crippen LogP contribution is -2.10. The maximum atomic E-state index is 13.2. The van der Waals surface area contributed by atoms with Crippen LogP contribution in [0.25, 0.3) is 11.1 Å². The van der Waals surface area contributed by atoms with Crippen LogP contribution in [0.4, 0.5) is 0 Å². The Labute approximate surface area is 176 Å². The Morgan fingerprint density at radius 2 is 1.10 bits per heavy atom. The molecule has 3 heteroatoms. The molecule has 2 aromatic carbocycles. The molecule has 2 aromatic rings. The molecular formula is C27H21NO2. The highest BCUT2D eigenvalue weighted by Gasteiger charge is 2.22. The molecule has 2 aliphatic rings. The number of rotatable bonds is 3. The number of allylic oxidation sites excluding steroid dienone is 9. The highest BCUT2D eigenvalue weighted by Crippen LogP contribution is 2.32. The number of aliphatic imine (C=N–C) groups is 1. The van der Waals surface area contributed by atoms with E-state index in [0.717, 1.165) is 22.4 Å². The van der Waals surface area contributed by atoms with Gasteiger partial charge in [-0.15, -0.1) is 0 Å². The molecule has 0 saturated heterocycles. The average Bonchev–Trinajstić information content (AvgIpc) is 2.77. The van der Waals surface area contributed by atoms with E-state index in [9.17, 15) is 9.59 Å². The van der Waals surface area contributed by atoms with Gasteiger partial charge in [0.1, 0.15) is 0 Å². The standard InChI is InChI=1S/C27H21NO2/c1-18-13-23(14-19(2)26(18)29)28-17-20-15-24(21-9-5-3-6-10-21)27(30)25(16-20)22-11-7-4-8-12-22/h3-17H,1-2H3. The topological polar surface area (TPSA) is 46.5 Å². The number of hydrogen-bond donors (Lipinski definition) is 0. The molecule has 146 valence electrons. The maximum absolute atomic E-state index is 13.2. The summed E-state index contributed by atoms with van der Waals surface area (Å²) in [6, 6.07) is 19.3. The van der Waals surface area contributed by atoms with Crippen molar-refractivity contribution in [3.05, 3.63) is 119 Å². The van der Waals surface area contributed by atoms with Crippen LogP contribution in [0.2, 0.25) is 0 Å². The van der Waals surface area contributed by atoms with Gasteiger partial charge < -0.3 is 0 Å². The molecule has 0 spiro atoms. The monoisotopic (exact) mass is 391 g/mol. The first-order chi connectivity index (χ1) is 14.5. The first-order valence-electron chi connectivity index (χ1n) is 9.81. The summed E-state index contributed by atoms with van der Waals surface area (Å²) in [5.74, 6) is 0.0364. The molecule has 2 aliphatic carbocycles. The van der Waals surface area contributed by atoms with Crippen LogP contribution in [0.1, 0.15) is 25.0 Å². The minimum absolute atomic E-state index is 0.00746. The predicted octanol–water partition coefficient (Wildman–Crippen LogP) is 5.54. The number of ketones is 2. The number of Topliss-reactive ketones (excluding diaryl/α,β-unsaturated/α-hetero) is 2.